The Balaban J connectivity index is 2.13. The van der Waals surface area contributed by atoms with Crippen LogP contribution in [0.2, 0.25) is 0 Å². The van der Waals surface area contributed by atoms with Crippen molar-refractivity contribution in [3.63, 3.8) is 0 Å². The fourth-order valence-electron chi connectivity index (χ4n) is 1.50. The van der Waals surface area contributed by atoms with E-state index >= 15 is 0 Å². The minimum Gasteiger partial charge on any atom is -0.368 e. The summed E-state index contributed by atoms with van der Waals surface area (Å²) in [6.07, 6.45) is 0. The third-order valence-corrected chi connectivity index (χ3v) is 3.76. The first-order chi connectivity index (χ1) is 9.52. The molecule has 0 amide bonds. The number of aryl methyl sites for hydroxylation is 1. The Morgan fingerprint density at radius 1 is 1.15 bits per heavy atom. The van der Waals surface area contributed by atoms with E-state index in [0.717, 1.165) is 11.4 Å². The predicted molar refractivity (Wildman–Crippen MR) is 84.3 cm³/mol. The van der Waals surface area contributed by atoms with Gasteiger partial charge in [0, 0.05) is 11.4 Å². The molecule has 2 rings (SSSR count). The summed E-state index contributed by atoms with van der Waals surface area (Å²) >= 11 is 1.59. The second-order valence-electron chi connectivity index (χ2n) is 5.00. The number of nitrogens with two attached hydrogens (primary N) is 1. The van der Waals surface area contributed by atoms with Crippen LogP contribution in [0.25, 0.3) is 0 Å². The molecule has 0 atom stereocenters. The molecule has 0 radical (unpaired) electrons. The number of nitrogen functional groups attached to an aromatic ring is 1. The Bertz CT molecular complexity index is 568. The number of nitrogens with zero attached hydrogens (tertiary/aromatic N) is 3. The van der Waals surface area contributed by atoms with Gasteiger partial charge in [-0.1, -0.05) is 43.3 Å². The lowest BCUT2D eigenvalue weighted by atomic mass is 10.2. The van der Waals surface area contributed by atoms with E-state index in [-0.39, 0.29) is 5.95 Å². The number of thioether (sulfide) groups is 1. The van der Waals surface area contributed by atoms with Crippen LogP contribution in [0, 0.1) is 12.8 Å². The van der Waals surface area contributed by atoms with Gasteiger partial charge in [0.05, 0.1) is 0 Å². The number of rotatable bonds is 5. The predicted octanol–water partition coefficient (Wildman–Crippen LogP) is 3.25. The molecule has 2 aromatic rings. The lowest BCUT2D eigenvalue weighted by Gasteiger charge is -2.08. The molecule has 1 aromatic carbocycles. The van der Waals surface area contributed by atoms with Gasteiger partial charge in [0.1, 0.15) is 0 Å². The molecule has 0 aliphatic rings. The molecule has 0 saturated heterocycles. The minimum absolute atomic E-state index is 0.237. The van der Waals surface area contributed by atoms with Crippen molar-refractivity contribution in [2.45, 2.75) is 25.9 Å². The van der Waals surface area contributed by atoms with Crippen molar-refractivity contribution in [1.82, 2.24) is 15.0 Å². The monoisotopic (exact) mass is 289 g/mol. The smallest absolute Gasteiger partial charge is 0.233 e. The molecule has 106 valence electrons. The van der Waals surface area contributed by atoms with E-state index in [1.54, 1.807) is 11.8 Å². The third-order valence-electron chi connectivity index (χ3n) is 2.49. The molecule has 0 saturated carbocycles. The summed E-state index contributed by atoms with van der Waals surface area (Å²) in [7, 11) is 0. The molecule has 5 nitrogen and oxygen atoms in total. The van der Waals surface area contributed by atoms with Gasteiger partial charge in [0.15, 0.2) is 5.16 Å². The molecule has 6 heteroatoms. The molecule has 1 aromatic heterocycles. The van der Waals surface area contributed by atoms with Crippen molar-refractivity contribution in [1.29, 1.82) is 0 Å². The quantitative estimate of drug-likeness (QED) is 0.823. The van der Waals surface area contributed by atoms with Crippen molar-refractivity contribution in [2.24, 2.45) is 5.92 Å². The van der Waals surface area contributed by atoms with Gasteiger partial charge in [-0.3, -0.25) is 0 Å². The van der Waals surface area contributed by atoms with Crippen LogP contribution in [0.3, 0.4) is 0 Å². The van der Waals surface area contributed by atoms with E-state index in [1.807, 2.05) is 31.2 Å². The molecule has 0 aliphatic carbocycles. The van der Waals surface area contributed by atoms with Gasteiger partial charge in [0.25, 0.3) is 0 Å². The van der Waals surface area contributed by atoms with E-state index < -0.39 is 0 Å². The first kappa shape index (κ1) is 14.6. The zero-order valence-corrected chi connectivity index (χ0v) is 12.7. The number of hydrogen-bond donors (Lipinski definition) is 2. The van der Waals surface area contributed by atoms with Crippen LogP contribution < -0.4 is 11.1 Å². The van der Waals surface area contributed by atoms with Crippen LogP contribution >= 0.6 is 11.8 Å². The zero-order chi connectivity index (χ0) is 14.5. The van der Waals surface area contributed by atoms with Gasteiger partial charge in [-0.15, -0.1) is 0 Å². The Labute approximate surface area is 123 Å². The molecule has 20 heavy (non-hydrogen) atoms. The van der Waals surface area contributed by atoms with Crippen LogP contribution in [0.4, 0.5) is 17.6 Å². The van der Waals surface area contributed by atoms with Crippen LogP contribution in [0.5, 0.6) is 0 Å². The summed E-state index contributed by atoms with van der Waals surface area (Å²) in [5.41, 5.74) is 7.87. The van der Waals surface area contributed by atoms with Crippen LogP contribution in [0.15, 0.2) is 29.4 Å². The molecule has 0 aliphatic heterocycles. The number of benzene rings is 1. The Morgan fingerprint density at radius 2 is 1.85 bits per heavy atom. The maximum absolute atomic E-state index is 5.73. The molecule has 0 fully saturated rings. The maximum atomic E-state index is 5.73. The van der Waals surface area contributed by atoms with Gasteiger partial charge >= 0.3 is 0 Å². The minimum atomic E-state index is 0.237. The largest absolute Gasteiger partial charge is 0.368 e. The van der Waals surface area contributed by atoms with Crippen LogP contribution in [0.1, 0.15) is 19.4 Å². The van der Waals surface area contributed by atoms with E-state index in [9.17, 15) is 0 Å². The van der Waals surface area contributed by atoms with Gasteiger partial charge in [-0.2, -0.15) is 15.0 Å². The van der Waals surface area contributed by atoms with Crippen molar-refractivity contribution >= 4 is 29.3 Å². The fourth-order valence-corrected chi connectivity index (χ4v) is 2.29. The lowest BCUT2D eigenvalue weighted by molar-refractivity contribution is 0.747. The normalized spacial score (nSPS) is 10.8. The highest BCUT2D eigenvalue weighted by molar-refractivity contribution is 7.99. The highest BCUT2D eigenvalue weighted by Gasteiger charge is 2.06. The molecule has 0 bridgehead atoms. The van der Waals surface area contributed by atoms with E-state index in [1.165, 1.54) is 5.56 Å². The molecular weight excluding hydrogens is 270 g/mol. The SMILES string of the molecule is Cc1ccc(Nc2nc(N)nc(SCC(C)C)n2)cc1. The second-order valence-corrected chi connectivity index (χ2v) is 5.98. The average molecular weight is 289 g/mol. The van der Waals surface area contributed by atoms with Crippen LogP contribution in [-0.4, -0.2) is 20.7 Å². The van der Waals surface area contributed by atoms with E-state index in [0.29, 0.717) is 17.0 Å². The first-order valence-corrected chi connectivity index (χ1v) is 7.49. The highest BCUT2D eigenvalue weighted by atomic mass is 32.2. The van der Waals surface area contributed by atoms with Gasteiger partial charge in [-0.05, 0) is 25.0 Å². The van der Waals surface area contributed by atoms with Crippen molar-refractivity contribution in [2.75, 3.05) is 16.8 Å². The zero-order valence-electron chi connectivity index (χ0n) is 11.9. The third kappa shape index (κ3) is 4.38. The summed E-state index contributed by atoms with van der Waals surface area (Å²) in [5.74, 6) is 2.24. The molecular formula is C14H19N5S. The number of hydrogen-bond acceptors (Lipinski definition) is 6. The molecule has 0 unspecified atom stereocenters. The second kappa shape index (κ2) is 6.56. The maximum Gasteiger partial charge on any atom is 0.233 e. The summed E-state index contributed by atoms with van der Waals surface area (Å²) in [4.78, 5) is 12.6. The number of nitrogens with one attached hydrogen (secondary N) is 1. The first-order valence-electron chi connectivity index (χ1n) is 6.51. The molecule has 0 spiro atoms. The van der Waals surface area contributed by atoms with Crippen molar-refractivity contribution < 1.29 is 0 Å². The van der Waals surface area contributed by atoms with E-state index in [2.05, 4.69) is 34.1 Å². The number of anilines is 3. The summed E-state index contributed by atoms with van der Waals surface area (Å²) in [5, 5.41) is 3.80. The van der Waals surface area contributed by atoms with Gasteiger partial charge in [0.2, 0.25) is 11.9 Å². The summed E-state index contributed by atoms with van der Waals surface area (Å²) < 4.78 is 0. The average Bonchev–Trinajstić information content (AvgIpc) is 2.38. The topological polar surface area (TPSA) is 76.7 Å². The highest BCUT2D eigenvalue weighted by Crippen LogP contribution is 2.20. The van der Waals surface area contributed by atoms with Crippen molar-refractivity contribution in [3.05, 3.63) is 29.8 Å². The summed E-state index contributed by atoms with van der Waals surface area (Å²) in [6, 6.07) is 8.02. The Hall–Kier alpha value is -1.82. The van der Waals surface area contributed by atoms with E-state index in [4.69, 9.17) is 5.73 Å². The fraction of sp³-hybridized carbons (Fsp3) is 0.357. The van der Waals surface area contributed by atoms with Gasteiger partial charge in [-0.25, -0.2) is 0 Å². The number of aromatic nitrogens is 3. The molecule has 3 N–H and O–H groups in total. The van der Waals surface area contributed by atoms with Crippen LogP contribution in [-0.2, 0) is 0 Å². The molecule has 1 heterocycles. The summed E-state index contributed by atoms with van der Waals surface area (Å²) in [6.45, 7) is 6.36. The lowest BCUT2D eigenvalue weighted by Crippen LogP contribution is -2.05. The Morgan fingerprint density at radius 3 is 2.50 bits per heavy atom. The Kier molecular flexibility index (Phi) is 4.79. The van der Waals surface area contributed by atoms with Gasteiger partial charge < -0.3 is 11.1 Å². The van der Waals surface area contributed by atoms with Crippen molar-refractivity contribution in [3.8, 4) is 0 Å². The standard InChI is InChI=1S/C14H19N5S/c1-9(2)8-20-14-18-12(15)17-13(19-14)16-11-6-4-10(3)5-7-11/h4-7,9H,8H2,1-3H3,(H3,15,16,17,18,19).